The zero-order valence-corrected chi connectivity index (χ0v) is 20.3. The van der Waals surface area contributed by atoms with Crippen molar-refractivity contribution in [2.75, 3.05) is 18.0 Å². The third kappa shape index (κ3) is 5.63. The monoisotopic (exact) mass is 519 g/mol. The van der Waals surface area contributed by atoms with Crippen molar-refractivity contribution in [1.82, 2.24) is 4.90 Å². The fourth-order valence-electron chi connectivity index (χ4n) is 4.47. The minimum absolute atomic E-state index is 0.0176. The molecule has 0 aliphatic carbocycles. The molecule has 0 amide bonds. The summed E-state index contributed by atoms with van der Waals surface area (Å²) in [4.78, 5) is 3.92. The van der Waals surface area contributed by atoms with E-state index in [1.807, 2.05) is 0 Å². The van der Waals surface area contributed by atoms with Gasteiger partial charge in [-0.1, -0.05) is 36.9 Å². The van der Waals surface area contributed by atoms with Crippen LogP contribution in [0.5, 0.6) is 0 Å². The number of alkyl halides is 2. The molecular weight excluding hydrogens is 494 g/mol. The second kappa shape index (κ2) is 10.8. The first-order valence-electron chi connectivity index (χ1n) is 11.4. The highest BCUT2D eigenvalue weighted by Gasteiger charge is 2.28. The van der Waals surface area contributed by atoms with Crippen LogP contribution in [0.15, 0.2) is 71.2 Å². The Bertz CT molecular complexity index is 1240. The van der Waals surface area contributed by atoms with Gasteiger partial charge in [0.1, 0.15) is 17.3 Å². The Hall–Kier alpha value is -3.17. The van der Waals surface area contributed by atoms with Crippen molar-refractivity contribution >= 4 is 28.7 Å². The van der Waals surface area contributed by atoms with Gasteiger partial charge < -0.3 is 10.6 Å². The lowest BCUT2D eigenvalue weighted by molar-refractivity contribution is 0.224. The molecular formula is C26H26ClF4N5. The van der Waals surface area contributed by atoms with Crippen LogP contribution in [0.1, 0.15) is 30.4 Å². The number of halogens is 5. The Morgan fingerprint density at radius 3 is 2.56 bits per heavy atom. The minimum atomic E-state index is -2.70. The van der Waals surface area contributed by atoms with Gasteiger partial charge in [-0.2, -0.15) is 10.2 Å². The Morgan fingerprint density at radius 1 is 1.14 bits per heavy atom. The van der Waals surface area contributed by atoms with Gasteiger partial charge in [-0.3, -0.25) is 4.90 Å². The van der Waals surface area contributed by atoms with Crippen molar-refractivity contribution in [2.45, 2.75) is 38.3 Å². The number of nitrogens with two attached hydrogens (primary N) is 1. The van der Waals surface area contributed by atoms with E-state index in [2.05, 4.69) is 28.3 Å². The molecule has 2 aliphatic heterocycles. The van der Waals surface area contributed by atoms with Crippen LogP contribution in [-0.2, 0) is 6.54 Å². The molecule has 1 atom stereocenters. The average Bonchev–Trinajstić information content (AvgIpc) is 3.50. The molecule has 1 fully saturated rings. The summed E-state index contributed by atoms with van der Waals surface area (Å²) in [7, 11) is 0. The molecule has 1 saturated heterocycles. The number of anilines is 1. The van der Waals surface area contributed by atoms with Crippen molar-refractivity contribution in [2.24, 2.45) is 15.9 Å². The number of hydrogen-bond acceptors (Lipinski definition) is 5. The number of nitrogens with zero attached hydrogens (tertiary/aromatic N) is 4. The second-order valence-corrected chi connectivity index (χ2v) is 9.28. The largest absolute Gasteiger partial charge is 0.401 e. The van der Waals surface area contributed by atoms with Crippen molar-refractivity contribution < 1.29 is 17.6 Å². The first-order chi connectivity index (χ1) is 17.1. The SMILES string of the molecule is C=C(N)C1CCCN1CC(=C)N(Cc1ccc(C2=NN=C(C(F)F)C2)cc1F)c1ccc(F)c(Cl)c1. The molecule has 4 rings (SSSR count). The van der Waals surface area contributed by atoms with Gasteiger partial charge in [0.25, 0.3) is 6.43 Å². The molecule has 2 N–H and O–H groups in total. The van der Waals surface area contributed by atoms with Gasteiger partial charge >= 0.3 is 0 Å². The molecule has 36 heavy (non-hydrogen) atoms. The molecule has 0 aromatic heterocycles. The highest BCUT2D eigenvalue weighted by Crippen LogP contribution is 2.30. The maximum absolute atomic E-state index is 15.2. The van der Waals surface area contributed by atoms with Crippen molar-refractivity contribution in [3.8, 4) is 0 Å². The molecule has 2 aromatic rings. The molecule has 2 heterocycles. The normalized spacial score (nSPS) is 17.9. The summed E-state index contributed by atoms with van der Waals surface area (Å²) in [6, 6.07) is 8.73. The average molecular weight is 520 g/mol. The lowest BCUT2D eigenvalue weighted by Crippen LogP contribution is -2.38. The van der Waals surface area contributed by atoms with Gasteiger partial charge in [-0.05, 0) is 43.7 Å². The summed E-state index contributed by atoms with van der Waals surface area (Å²) >= 11 is 6.04. The summed E-state index contributed by atoms with van der Waals surface area (Å²) in [6.45, 7) is 9.44. The van der Waals surface area contributed by atoms with Crippen LogP contribution in [0.25, 0.3) is 0 Å². The maximum Gasteiger partial charge on any atom is 0.278 e. The summed E-state index contributed by atoms with van der Waals surface area (Å²) < 4.78 is 54.8. The number of likely N-dealkylation sites (tertiary alicyclic amines) is 1. The van der Waals surface area contributed by atoms with E-state index in [0.717, 1.165) is 19.4 Å². The minimum Gasteiger partial charge on any atom is -0.401 e. The van der Waals surface area contributed by atoms with Crippen LogP contribution in [0.4, 0.5) is 23.2 Å². The van der Waals surface area contributed by atoms with Crippen molar-refractivity contribution in [3.05, 3.63) is 88.7 Å². The van der Waals surface area contributed by atoms with E-state index in [9.17, 15) is 13.2 Å². The Kier molecular flexibility index (Phi) is 7.80. The zero-order valence-electron chi connectivity index (χ0n) is 19.5. The van der Waals surface area contributed by atoms with Crippen LogP contribution in [-0.4, -0.2) is 41.9 Å². The standard InChI is InChI=1S/C26H26ClF4N5/c1-15(13-35-9-3-4-25(35)16(2)32)36(19-7-8-21(28)20(27)11-19)14-18-6-5-17(10-22(18)29)23-12-24(26(30)31)34-33-23/h5-8,10-11,25-26H,1-4,9,12-14,32H2. The maximum atomic E-state index is 15.2. The molecule has 0 spiro atoms. The fourth-order valence-corrected chi connectivity index (χ4v) is 4.64. The van der Waals surface area contributed by atoms with E-state index >= 15 is 4.39 Å². The van der Waals surface area contributed by atoms with Crippen LogP contribution in [0, 0.1) is 11.6 Å². The molecule has 0 saturated carbocycles. The summed E-state index contributed by atoms with van der Waals surface area (Å²) in [5.41, 5.74) is 8.39. The molecule has 5 nitrogen and oxygen atoms in total. The van der Waals surface area contributed by atoms with Crippen LogP contribution in [0.2, 0.25) is 5.02 Å². The fraction of sp³-hybridized carbons (Fsp3) is 0.308. The molecule has 2 aliphatic rings. The van der Waals surface area contributed by atoms with Gasteiger partial charge in [0.05, 0.1) is 17.3 Å². The number of benzene rings is 2. The van der Waals surface area contributed by atoms with Crippen LogP contribution >= 0.6 is 11.6 Å². The molecule has 0 radical (unpaired) electrons. The zero-order chi connectivity index (χ0) is 26.0. The van der Waals surface area contributed by atoms with Gasteiger partial charge in [0.15, 0.2) is 0 Å². The van der Waals surface area contributed by atoms with Gasteiger partial charge in [0.2, 0.25) is 0 Å². The van der Waals surface area contributed by atoms with E-state index in [1.54, 1.807) is 23.1 Å². The smallest absolute Gasteiger partial charge is 0.278 e. The van der Waals surface area contributed by atoms with E-state index in [0.29, 0.717) is 34.8 Å². The molecule has 1 unspecified atom stereocenters. The Morgan fingerprint density at radius 2 is 1.92 bits per heavy atom. The lowest BCUT2D eigenvalue weighted by atomic mass is 10.0. The first kappa shape index (κ1) is 25.9. The highest BCUT2D eigenvalue weighted by molar-refractivity contribution is 6.31. The summed E-state index contributed by atoms with van der Waals surface area (Å²) in [6.07, 6.45) is -0.976. The number of hydrogen-bond donors (Lipinski definition) is 1. The van der Waals surface area contributed by atoms with E-state index in [-0.39, 0.29) is 35.5 Å². The molecule has 2 aromatic carbocycles. The first-order valence-corrected chi connectivity index (χ1v) is 11.8. The summed E-state index contributed by atoms with van der Waals surface area (Å²) in [5, 5.41) is 7.20. The lowest BCUT2D eigenvalue weighted by Gasteiger charge is -2.32. The predicted octanol–water partition coefficient (Wildman–Crippen LogP) is 5.89. The Labute approximate surface area is 212 Å². The van der Waals surface area contributed by atoms with Gasteiger partial charge in [0, 0.05) is 47.2 Å². The van der Waals surface area contributed by atoms with Crippen molar-refractivity contribution in [1.29, 1.82) is 0 Å². The third-order valence-electron chi connectivity index (χ3n) is 6.39. The van der Waals surface area contributed by atoms with E-state index in [1.165, 1.54) is 18.2 Å². The predicted molar refractivity (Wildman–Crippen MR) is 136 cm³/mol. The second-order valence-electron chi connectivity index (χ2n) is 8.88. The molecule has 0 bridgehead atoms. The number of rotatable bonds is 9. The van der Waals surface area contributed by atoms with Crippen LogP contribution in [0.3, 0.4) is 0 Å². The van der Waals surface area contributed by atoms with E-state index < -0.39 is 18.1 Å². The highest BCUT2D eigenvalue weighted by atomic mass is 35.5. The quantitative estimate of drug-likeness (QED) is 0.420. The Balaban J connectivity index is 1.58. The topological polar surface area (TPSA) is 57.2 Å². The van der Waals surface area contributed by atoms with Crippen LogP contribution < -0.4 is 10.6 Å². The van der Waals surface area contributed by atoms with Crippen molar-refractivity contribution in [3.63, 3.8) is 0 Å². The van der Waals surface area contributed by atoms with Gasteiger partial charge in [-0.25, -0.2) is 17.6 Å². The van der Waals surface area contributed by atoms with E-state index in [4.69, 9.17) is 17.3 Å². The molecule has 10 heteroatoms. The molecule has 190 valence electrons. The third-order valence-corrected chi connectivity index (χ3v) is 6.68. The summed E-state index contributed by atoms with van der Waals surface area (Å²) in [5.74, 6) is -1.11. The van der Waals surface area contributed by atoms with Gasteiger partial charge in [-0.15, -0.1) is 0 Å².